The van der Waals surface area contributed by atoms with Gasteiger partial charge in [0.25, 0.3) is 0 Å². The van der Waals surface area contributed by atoms with E-state index in [1.165, 1.54) is 0 Å². The van der Waals surface area contributed by atoms with Gasteiger partial charge in [-0.2, -0.15) is 13.2 Å². The number of benzene rings is 1. The predicted octanol–water partition coefficient (Wildman–Crippen LogP) is 4.15. The Labute approximate surface area is 141 Å². The summed E-state index contributed by atoms with van der Waals surface area (Å²) in [5.74, 6) is -0.353. The fraction of sp³-hybridized carbons (Fsp3) is 0.611. The van der Waals surface area contributed by atoms with Gasteiger partial charge in [-0.15, -0.1) is 0 Å². The van der Waals surface area contributed by atoms with Gasteiger partial charge in [-0.25, -0.2) is 5.01 Å². The monoisotopic (exact) mass is 342 g/mol. The summed E-state index contributed by atoms with van der Waals surface area (Å²) in [5.41, 5.74) is 3.87. The summed E-state index contributed by atoms with van der Waals surface area (Å²) < 4.78 is 40.4. The average molecular weight is 342 g/mol. The molecule has 0 aliphatic carbocycles. The van der Waals surface area contributed by atoms with Crippen LogP contribution in [0.5, 0.6) is 0 Å². The van der Waals surface area contributed by atoms with Crippen molar-refractivity contribution in [1.29, 1.82) is 0 Å². The van der Waals surface area contributed by atoms with E-state index in [9.17, 15) is 18.0 Å². The number of hydrogen-bond acceptors (Lipinski definition) is 2. The van der Waals surface area contributed by atoms with E-state index in [1.54, 1.807) is 13.8 Å². The summed E-state index contributed by atoms with van der Waals surface area (Å²) in [6, 6.07) is 6.38. The van der Waals surface area contributed by atoms with Crippen LogP contribution in [0.4, 0.5) is 13.2 Å². The van der Waals surface area contributed by atoms with Gasteiger partial charge < -0.3 is 0 Å². The molecule has 24 heavy (non-hydrogen) atoms. The molecule has 1 unspecified atom stereocenters. The van der Waals surface area contributed by atoms with E-state index in [2.05, 4.69) is 11.5 Å². The van der Waals surface area contributed by atoms with Gasteiger partial charge in [-0.3, -0.25) is 10.2 Å². The van der Waals surface area contributed by atoms with E-state index in [4.69, 9.17) is 0 Å². The van der Waals surface area contributed by atoms with Gasteiger partial charge in [-0.1, -0.05) is 36.2 Å². The first-order valence-corrected chi connectivity index (χ1v) is 8.31. The van der Waals surface area contributed by atoms with Crippen LogP contribution in [-0.2, 0) is 11.2 Å². The minimum Gasteiger partial charge on any atom is -0.288 e. The molecule has 1 heterocycles. The van der Waals surface area contributed by atoms with Crippen LogP contribution in [0.25, 0.3) is 0 Å². The highest BCUT2D eigenvalue weighted by molar-refractivity contribution is 5.78. The Morgan fingerprint density at radius 3 is 2.54 bits per heavy atom. The SMILES string of the molecule is Cc1cccc(CCCCC(N2NC(=O)CC2(C)C)C(F)(F)F)c1. The molecule has 1 aromatic rings. The van der Waals surface area contributed by atoms with E-state index < -0.39 is 17.8 Å². The first-order valence-electron chi connectivity index (χ1n) is 8.31. The molecule has 1 saturated heterocycles. The molecular formula is C18H25F3N2O. The summed E-state index contributed by atoms with van der Waals surface area (Å²) in [5, 5.41) is 1.10. The minimum atomic E-state index is -4.36. The van der Waals surface area contributed by atoms with Crippen molar-refractivity contribution in [2.45, 2.75) is 70.6 Å². The molecule has 0 bridgehead atoms. The van der Waals surface area contributed by atoms with Crippen molar-refractivity contribution >= 4 is 5.91 Å². The number of nitrogens with one attached hydrogen (secondary N) is 1. The average Bonchev–Trinajstić information content (AvgIpc) is 2.70. The highest BCUT2D eigenvalue weighted by Gasteiger charge is 2.51. The summed E-state index contributed by atoms with van der Waals surface area (Å²) in [6.45, 7) is 5.33. The number of carbonyl (C=O) groups is 1. The molecule has 6 heteroatoms. The van der Waals surface area contributed by atoms with Crippen molar-refractivity contribution in [3.63, 3.8) is 0 Å². The van der Waals surface area contributed by atoms with E-state index in [0.29, 0.717) is 12.8 Å². The van der Waals surface area contributed by atoms with Crippen LogP contribution in [0.1, 0.15) is 50.7 Å². The highest BCUT2D eigenvalue weighted by Crippen LogP contribution is 2.35. The molecule has 1 N–H and O–H groups in total. The summed E-state index contributed by atoms with van der Waals surface area (Å²) >= 11 is 0. The molecule has 0 aromatic heterocycles. The number of amides is 1. The molecule has 0 spiro atoms. The van der Waals surface area contributed by atoms with Crippen molar-refractivity contribution < 1.29 is 18.0 Å². The lowest BCUT2D eigenvalue weighted by Gasteiger charge is -2.37. The fourth-order valence-electron chi connectivity index (χ4n) is 3.28. The van der Waals surface area contributed by atoms with Crippen LogP contribution >= 0.6 is 0 Å². The number of rotatable bonds is 6. The molecule has 0 saturated carbocycles. The number of nitrogens with zero attached hydrogens (tertiary/aromatic N) is 1. The maximum absolute atomic E-state index is 13.5. The Morgan fingerprint density at radius 1 is 1.29 bits per heavy atom. The predicted molar refractivity (Wildman–Crippen MR) is 87.3 cm³/mol. The van der Waals surface area contributed by atoms with Crippen LogP contribution in [0.3, 0.4) is 0 Å². The van der Waals surface area contributed by atoms with Gasteiger partial charge in [0, 0.05) is 12.0 Å². The molecule has 2 rings (SSSR count). The Bertz CT molecular complexity index is 584. The van der Waals surface area contributed by atoms with E-state index in [0.717, 1.165) is 22.6 Å². The minimum absolute atomic E-state index is 0.0149. The molecule has 0 radical (unpaired) electrons. The molecule has 1 amide bonds. The number of halogens is 3. The van der Waals surface area contributed by atoms with Crippen LogP contribution in [-0.4, -0.2) is 28.7 Å². The van der Waals surface area contributed by atoms with Crippen molar-refractivity contribution in [2.75, 3.05) is 0 Å². The standard InChI is InChI=1S/C18H25F3N2O/c1-13-7-6-9-14(11-13)8-4-5-10-15(18(19,20)21)23-17(2,3)12-16(24)22-23/h6-7,9,11,15H,4-5,8,10,12H2,1-3H3,(H,22,24). The maximum atomic E-state index is 13.5. The fourth-order valence-corrected chi connectivity index (χ4v) is 3.28. The van der Waals surface area contributed by atoms with Gasteiger partial charge in [0.15, 0.2) is 0 Å². The lowest BCUT2D eigenvalue weighted by Crippen LogP contribution is -2.56. The Kier molecular flexibility index (Phi) is 5.58. The lowest BCUT2D eigenvalue weighted by atomic mass is 9.97. The third-order valence-electron chi connectivity index (χ3n) is 4.46. The van der Waals surface area contributed by atoms with Crippen LogP contribution < -0.4 is 5.43 Å². The van der Waals surface area contributed by atoms with Crippen LogP contribution in [0.2, 0.25) is 0 Å². The number of alkyl halides is 3. The van der Waals surface area contributed by atoms with Gasteiger partial charge >= 0.3 is 6.18 Å². The molecule has 1 aliphatic heterocycles. The van der Waals surface area contributed by atoms with E-state index in [-0.39, 0.29) is 18.7 Å². The quantitative estimate of drug-likeness (QED) is 0.788. The normalized spacial score (nSPS) is 19.3. The second kappa shape index (κ2) is 7.13. The molecule has 3 nitrogen and oxygen atoms in total. The van der Waals surface area contributed by atoms with E-state index in [1.807, 2.05) is 25.1 Å². The molecular weight excluding hydrogens is 317 g/mol. The van der Waals surface area contributed by atoms with Gasteiger partial charge in [0.1, 0.15) is 6.04 Å². The smallest absolute Gasteiger partial charge is 0.288 e. The van der Waals surface area contributed by atoms with Gasteiger partial charge in [0.05, 0.1) is 0 Å². The first kappa shape index (κ1) is 18.8. The van der Waals surface area contributed by atoms with Crippen molar-refractivity contribution in [1.82, 2.24) is 10.4 Å². The lowest BCUT2D eigenvalue weighted by molar-refractivity contribution is -0.202. The van der Waals surface area contributed by atoms with Crippen molar-refractivity contribution in [3.8, 4) is 0 Å². The van der Waals surface area contributed by atoms with E-state index >= 15 is 0 Å². The number of unbranched alkanes of at least 4 members (excludes halogenated alkanes) is 1. The van der Waals surface area contributed by atoms with Crippen molar-refractivity contribution in [2.24, 2.45) is 0 Å². The maximum Gasteiger partial charge on any atom is 0.405 e. The van der Waals surface area contributed by atoms with Crippen LogP contribution in [0.15, 0.2) is 24.3 Å². The number of hydrogen-bond donors (Lipinski definition) is 1. The molecule has 1 atom stereocenters. The number of aryl methyl sites for hydroxylation is 2. The summed E-state index contributed by atoms with van der Waals surface area (Å²) in [6.07, 6.45) is -2.37. The second-order valence-corrected chi connectivity index (χ2v) is 7.19. The highest BCUT2D eigenvalue weighted by atomic mass is 19.4. The summed E-state index contributed by atoms with van der Waals surface area (Å²) in [7, 11) is 0. The Balaban J connectivity index is 1.94. The second-order valence-electron chi connectivity index (χ2n) is 7.19. The van der Waals surface area contributed by atoms with Gasteiger partial charge in [0.2, 0.25) is 5.91 Å². The summed E-state index contributed by atoms with van der Waals surface area (Å²) in [4.78, 5) is 11.5. The number of hydrazine groups is 1. The molecule has 1 aliphatic rings. The molecule has 1 fully saturated rings. The largest absolute Gasteiger partial charge is 0.405 e. The Hall–Kier alpha value is -1.56. The number of carbonyl (C=O) groups excluding carboxylic acids is 1. The van der Waals surface area contributed by atoms with Crippen LogP contribution in [0, 0.1) is 6.92 Å². The first-order chi connectivity index (χ1) is 11.1. The topological polar surface area (TPSA) is 32.3 Å². The zero-order valence-electron chi connectivity index (χ0n) is 14.4. The zero-order chi connectivity index (χ0) is 18.0. The third-order valence-corrected chi connectivity index (χ3v) is 4.46. The molecule has 134 valence electrons. The van der Waals surface area contributed by atoms with Crippen molar-refractivity contribution in [3.05, 3.63) is 35.4 Å². The third kappa shape index (κ3) is 4.72. The molecule has 1 aromatic carbocycles. The Morgan fingerprint density at radius 2 is 2.00 bits per heavy atom. The van der Waals surface area contributed by atoms with Gasteiger partial charge in [-0.05, 0) is 45.6 Å². The zero-order valence-corrected chi connectivity index (χ0v) is 14.4.